The largest absolute Gasteiger partial charge is 0.497 e. The predicted octanol–water partition coefficient (Wildman–Crippen LogP) is 4.09. The summed E-state index contributed by atoms with van der Waals surface area (Å²) in [6, 6.07) is 15.4. The van der Waals surface area contributed by atoms with Crippen LogP contribution in [0.1, 0.15) is 39.1 Å². The van der Waals surface area contributed by atoms with E-state index in [-0.39, 0.29) is 18.4 Å². The number of aromatic nitrogens is 2. The number of imidazole rings is 1. The van der Waals surface area contributed by atoms with Gasteiger partial charge in [-0.2, -0.15) is 0 Å². The van der Waals surface area contributed by atoms with Gasteiger partial charge in [0.05, 0.1) is 24.6 Å². The zero-order valence-corrected chi connectivity index (χ0v) is 21.6. The maximum Gasteiger partial charge on any atom is 0.242 e. The summed E-state index contributed by atoms with van der Waals surface area (Å²) in [6.07, 6.45) is 0.850. The van der Waals surface area contributed by atoms with Gasteiger partial charge in [-0.05, 0) is 41.7 Å². The number of nitrogens with one attached hydrogen (secondary N) is 1. The van der Waals surface area contributed by atoms with Gasteiger partial charge < -0.3 is 19.5 Å². The fraction of sp³-hybridized carbons (Fsp3) is 0.464. The number of ether oxygens (including phenoxy) is 1. The van der Waals surface area contributed by atoms with Crippen molar-refractivity contribution in [1.82, 2.24) is 19.8 Å². The van der Waals surface area contributed by atoms with Crippen LogP contribution in [0.2, 0.25) is 0 Å². The van der Waals surface area contributed by atoms with Crippen molar-refractivity contribution in [2.75, 3.05) is 26.7 Å². The molecular weight excluding hydrogens is 440 g/mol. The summed E-state index contributed by atoms with van der Waals surface area (Å²) in [7, 11) is 1.62. The van der Waals surface area contributed by atoms with Crippen molar-refractivity contribution >= 4 is 22.8 Å². The molecule has 0 saturated heterocycles. The average Bonchev–Trinajstić information content (AvgIpc) is 3.15. The van der Waals surface area contributed by atoms with Crippen LogP contribution >= 0.6 is 0 Å². The lowest BCUT2D eigenvalue weighted by Gasteiger charge is -2.27. The third-order valence-electron chi connectivity index (χ3n) is 5.75. The summed E-state index contributed by atoms with van der Waals surface area (Å²) < 4.78 is 7.17. The minimum Gasteiger partial charge on any atom is -0.497 e. The molecule has 188 valence electrons. The predicted molar refractivity (Wildman–Crippen MR) is 139 cm³/mol. The molecule has 1 heterocycles. The van der Waals surface area contributed by atoms with E-state index in [2.05, 4.69) is 33.0 Å². The van der Waals surface area contributed by atoms with Crippen molar-refractivity contribution < 1.29 is 14.3 Å². The molecule has 0 radical (unpaired) electrons. The van der Waals surface area contributed by atoms with Gasteiger partial charge >= 0.3 is 0 Å². The zero-order chi connectivity index (χ0) is 25.4. The molecule has 3 aromatic rings. The SMILES string of the molecule is COc1ccc(CC(=O)NCCc2nc3ccccc3n2CC(=O)N(CC(C)C)CC(C)C)cc1. The lowest BCUT2D eigenvalue weighted by atomic mass is 10.1. The first-order chi connectivity index (χ1) is 16.8. The van der Waals surface area contributed by atoms with E-state index >= 15 is 0 Å². The quantitative estimate of drug-likeness (QED) is 0.425. The first kappa shape index (κ1) is 26.3. The average molecular weight is 479 g/mol. The van der Waals surface area contributed by atoms with Crippen LogP contribution in [0.15, 0.2) is 48.5 Å². The number of carbonyl (C=O) groups excluding carboxylic acids is 2. The van der Waals surface area contributed by atoms with Crippen molar-refractivity contribution in [3.8, 4) is 5.75 Å². The van der Waals surface area contributed by atoms with E-state index in [0.717, 1.165) is 41.3 Å². The highest BCUT2D eigenvalue weighted by molar-refractivity contribution is 5.81. The summed E-state index contributed by atoms with van der Waals surface area (Å²) in [5, 5.41) is 2.99. The fourth-order valence-corrected chi connectivity index (χ4v) is 4.19. The van der Waals surface area contributed by atoms with Crippen LogP contribution in [0.4, 0.5) is 0 Å². The molecule has 0 aliphatic carbocycles. The number of hydrogen-bond acceptors (Lipinski definition) is 4. The highest BCUT2D eigenvalue weighted by Gasteiger charge is 2.20. The van der Waals surface area contributed by atoms with Gasteiger partial charge in [0.2, 0.25) is 11.8 Å². The van der Waals surface area contributed by atoms with E-state index in [4.69, 9.17) is 9.72 Å². The highest BCUT2D eigenvalue weighted by atomic mass is 16.5. The second kappa shape index (κ2) is 12.4. The van der Waals surface area contributed by atoms with Crippen molar-refractivity contribution in [3.63, 3.8) is 0 Å². The Morgan fingerprint density at radius 2 is 1.66 bits per heavy atom. The van der Waals surface area contributed by atoms with E-state index in [1.165, 1.54) is 0 Å². The Labute approximate surface area is 208 Å². The topological polar surface area (TPSA) is 76.5 Å². The molecule has 1 aromatic heterocycles. The van der Waals surface area contributed by atoms with Gasteiger partial charge in [0, 0.05) is 26.1 Å². The Bertz CT molecular complexity index is 1110. The summed E-state index contributed by atoms with van der Waals surface area (Å²) in [5.41, 5.74) is 2.73. The Morgan fingerprint density at radius 3 is 2.29 bits per heavy atom. The van der Waals surface area contributed by atoms with E-state index < -0.39 is 0 Å². The van der Waals surface area contributed by atoms with Crippen molar-refractivity contribution in [2.24, 2.45) is 11.8 Å². The number of amides is 2. The van der Waals surface area contributed by atoms with Gasteiger partial charge in [-0.15, -0.1) is 0 Å². The number of carbonyl (C=O) groups is 2. The van der Waals surface area contributed by atoms with Crippen LogP contribution in [0, 0.1) is 11.8 Å². The van der Waals surface area contributed by atoms with Crippen molar-refractivity contribution in [3.05, 3.63) is 59.9 Å². The van der Waals surface area contributed by atoms with Crippen LogP contribution in [0.25, 0.3) is 11.0 Å². The number of fused-ring (bicyclic) bond motifs is 1. The standard InChI is InChI=1S/C28H38N4O3/c1-20(2)17-31(18-21(3)4)28(34)19-32-25-9-7-6-8-24(25)30-26(32)14-15-29-27(33)16-22-10-12-23(35-5)13-11-22/h6-13,20-21H,14-19H2,1-5H3,(H,29,33). The van der Waals surface area contributed by atoms with Gasteiger partial charge in [-0.25, -0.2) is 4.98 Å². The molecule has 0 bridgehead atoms. The number of hydrogen-bond donors (Lipinski definition) is 1. The van der Waals surface area contributed by atoms with Crippen LogP contribution in [0.3, 0.4) is 0 Å². The molecule has 2 aromatic carbocycles. The van der Waals surface area contributed by atoms with Gasteiger partial charge in [-0.3, -0.25) is 9.59 Å². The summed E-state index contributed by atoms with van der Waals surface area (Å²) >= 11 is 0. The van der Waals surface area contributed by atoms with Gasteiger partial charge in [0.15, 0.2) is 0 Å². The van der Waals surface area contributed by atoms with E-state index in [0.29, 0.717) is 31.2 Å². The zero-order valence-electron chi connectivity index (χ0n) is 21.6. The molecule has 0 spiro atoms. The third kappa shape index (κ3) is 7.57. The number of nitrogens with zero attached hydrogens (tertiary/aromatic N) is 3. The third-order valence-corrected chi connectivity index (χ3v) is 5.75. The molecule has 0 saturated carbocycles. The highest BCUT2D eigenvalue weighted by Crippen LogP contribution is 2.18. The number of methoxy groups -OCH3 is 1. The molecule has 3 rings (SSSR count). The van der Waals surface area contributed by atoms with Gasteiger partial charge in [0.25, 0.3) is 0 Å². The molecule has 0 fully saturated rings. The second-order valence-corrected chi connectivity index (χ2v) is 9.81. The Morgan fingerprint density at radius 1 is 1.00 bits per heavy atom. The molecule has 7 heteroatoms. The van der Waals surface area contributed by atoms with E-state index in [1.807, 2.05) is 58.0 Å². The van der Waals surface area contributed by atoms with Crippen LogP contribution < -0.4 is 10.1 Å². The summed E-state index contributed by atoms with van der Waals surface area (Å²) in [5.74, 6) is 2.42. The minimum atomic E-state index is -0.0473. The molecule has 7 nitrogen and oxygen atoms in total. The number of para-hydroxylation sites is 2. The van der Waals surface area contributed by atoms with Gasteiger partial charge in [0.1, 0.15) is 18.1 Å². The molecule has 0 unspecified atom stereocenters. The van der Waals surface area contributed by atoms with Crippen molar-refractivity contribution in [1.29, 1.82) is 0 Å². The lowest BCUT2D eigenvalue weighted by molar-refractivity contribution is -0.133. The maximum absolute atomic E-state index is 13.3. The second-order valence-electron chi connectivity index (χ2n) is 9.81. The van der Waals surface area contributed by atoms with Crippen LogP contribution in [-0.2, 0) is 29.0 Å². The monoisotopic (exact) mass is 478 g/mol. The van der Waals surface area contributed by atoms with Crippen molar-refractivity contribution in [2.45, 2.75) is 47.1 Å². The number of benzene rings is 2. The molecular formula is C28H38N4O3. The molecule has 0 atom stereocenters. The molecule has 2 amide bonds. The van der Waals surface area contributed by atoms with E-state index in [1.54, 1.807) is 7.11 Å². The normalized spacial score (nSPS) is 11.3. The minimum absolute atomic E-state index is 0.0473. The molecule has 0 aliphatic rings. The molecule has 1 N–H and O–H groups in total. The van der Waals surface area contributed by atoms with Crippen LogP contribution in [-0.4, -0.2) is 53.0 Å². The van der Waals surface area contributed by atoms with Crippen LogP contribution in [0.5, 0.6) is 5.75 Å². The Hall–Kier alpha value is -3.35. The maximum atomic E-state index is 13.3. The van der Waals surface area contributed by atoms with Gasteiger partial charge in [-0.1, -0.05) is 52.0 Å². The first-order valence-electron chi connectivity index (χ1n) is 12.4. The van der Waals surface area contributed by atoms with E-state index in [9.17, 15) is 9.59 Å². The Kier molecular flexibility index (Phi) is 9.29. The number of rotatable bonds is 12. The fourth-order valence-electron chi connectivity index (χ4n) is 4.19. The molecule has 0 aliphatic heterocycles. The summed E-state index contributed by atoms with van der Waals surface area (Å²) in [4.78, 5) is 32.5. The smallest absolute Gasteiger partial charge is 0.242 e. The molecule has 35 heavy (non-hydrogen) atoms. The summed E-state index contributed by atoms with van der Waals surface area (Å²) in [6.45, 7) is 10.7. The lowest BCUT2D eigenvalue weighted by Crippen LogP contribution is -2.39. The Balaban J connectivity index is 1.68. The first-order valence-corrected chi connectivity index (χ1v) is 12.4.